The lowest BCUT2D eigenvalue weighted by atomic mass is 10.2. The predicted molar refractivity (Wildman–Crippen MR) is 50.4 cm³/mol. The van der Waals surface area contributed by atoms with Gasteiger partial charge in [-0.15, -0.1) is 0 Å². The van der Waals surface area contributed by atoms with Crippen LogP contribution in [0.2, 0.25) is 0 Å². The average Bonchev–Trinajstić information content (AvgIpc) is 1.99. The van der Waals surface area contributed by atoms with Gasteiger partial charge in [0, 0.05) is 13.5 Å². The first-order valence-electron chi connectivity index (χ1n) is 4.10. The molecule has 0 saturated heterocycles. The lowest BCUT2D eigenvalue weighted by Crippen LogP contribution is -2.25. The maximum absolute atomic E-state index is 11.4. The summed E-state index contributed by atoms with van der Waals surface area (Å²) in [5.41, 5.74) is 0. The van der Waals surface area contributed by atoms with E-state index in [4.69, 9.17) is 0 Å². The third-order valence-electron chi connectivity index (χ3n) is 1.76. The SMILES string of the molecule is COCCS(=O)(=O)C(C)CC(C)=O. The van der Waals surface area contributed by atoms with Crippen molar-refractivity contribution in [3.05, 3.63) is 0 Å². The maximum atomic E-state index is 11.4. The summed E-state index contributed by atoms with van der Waals surface area (Å²) in [6.07, 6.45) is 0.0893. The van der Waals surface area contributed by atoms with Crippen LogP contribution in [0.3, 0.4) is 0 Å². The second-order valence-electron chi connectivity index (χ2n) is 3.08. The molecule has 0 N–H and O–H groups in total. The van der Waals surface area contributed by atoms with Gasteiger partial charge < -0.3 is 4.74 Å². The minimum atomic E-state index is -3.16. The number of carbonyl (C=O) groups is 1. The minimum absolute atomic E-state index is 0.0159. The van der Waals surface area contributed by atoms with Crippen molar-refractivity contribution < 1.29 is 17.9 Å². The zero-order chi connectivity index (χ0) is 10.5. The largest absolute Gasteiger partial charge is 0.384 e. The Bertz CT molecular complexity index is 255. The smallest absolute Gasteiger partial charge is 0.155 e. The maximum Gasteiger partial charge on any atom is 0.155 e. The molecule has 5 heteroatoms. The molecule has 0 fully saturated rings. The number of carbonyl (C=O) groups excluding carboxylic acids is 1. The van der Waals surface area contributed by atoms with Crippen LogP contribution in [-0.4, -0.2) is 38.9 Å². The Balaban J connectivity index is 4.20. The van der Waals surface area contributed by atoms with Crippen LogP contribution < -0.4 is 0 Å². The molecule has 0 spiro atoms. The molecule has 0 heterocycles. The molecule has 0 aliphatic heterocycles. The van der Waals surface area contributed by atoms with Crippen molar-refractivity contribution >= 4 is 15.6 Å². The van der Waals surface area contributed by atoms with Gasteiger partial charge in [0.15, 0.2) is 9.84 Å². The van der Waals surface area contributed by atoms with Gasteiger partial charge in [-0.25, -0.2) is 8.42 Å². The molecular weight excluding hydrogens is 192 g/mol. The van der Waals surface area contributed by atoms with Crippen LogP contribution in [0.25, 0.3) is 0 Å². The quantitative estimate of drug-likeness (QED) is 0.634. The van der Waals surface area contributed by atoms with E-state index in [1.165, 1.54) is 14.0 Å². The van der Waals surface area contributed by atoms with Crippen LogP contribution in [-0.2, 0) is 19.4 Å². The molecule has 0 aromatic carbocycles. The highest BCUT2D eigenvalue weighted by Gasteiger charge is 2.21. The van der Waals surface area contributed by atoms with Crippen LogP contribution in [0, 0.1) is 0 Å². The number of hydrogen-bond acceptors (Lipinski definition) is 4. The Morgan fingerprint density at radius 1 is 1.46 bits per heavy atom. The highest BCUT2D eigenvalue weighted by atomic mass is 32.2. The van der Waals surface area contributed by atoms with E-state index < -0.39 is 15.1 Å². The summed E-state index contributed by atoms with van der Waals surface area (Å²) in [4.78, 5) is 10.7. The van der Waals surface area contributed by atoms with Gasteiger partial charge in [-0.1, -0.05) is 0 Å². The van der Waals surface area contributed by atoms with Crippen molar-refractivity contribution in [1.29, 1.82) is 0 Å². The highest BCUT2D eigenvalue weighted by molar-refractivity contribution is 7.92. The molecule has 0 bridgehead atoms. The third-order valence-corrected chi connectivity index (χ3v) is 3.89. The summed E-state index contributed by atoms with van der Waals surface area (Å²) in [5, 5.41) is -0.597. The molecule has 78 valence electrons. The number of hydrogen-bond donors (Lipinski definition) is 0. The van der Waals surface area contributed by atoms with Gasteiger partial charge in [0.2, 0.25) is 0 Å². The number of ketones is 1. The van der Waals surface area contributed by atoms with Crippen LogP contribution in [0.5, 0.6) is 0 Å². The van der Waals surface area contributed by atoms with Gasteiger partial charge in [0.25, 0.3) is 0 Å². The zero-order valence-corrected chi connectivity index (χ0v) is 9.06. The molecule has 13 heavy (non-hydrogen) atoms. The Hall–Kier alpha value is -0.420. The van der Waals surface area contributed by atoms with E-state index in [0.717, 1.165) is 0 Å². The standard InChI is InChI=1S/C8H16O4S/c1-7(9)6-8(2)13(10,11)5-4-12-3/h8H,4-6H2,1-3H3. The summed E-state index contributed by atoms with van der Waals surface area (Å²) in [6, 6.07) is 0. The summed E-state index contributed by atoms with van der Waals surface area (Å²) in [7, 11) is -1.71. The molecule has 0 rings (SSSR count). The molecular formula is C8H16O4S. The Morgan fingerprint density at radius 2 is 2.00 bits per heavy atom. The van der Waals surface area contributed by atoms with E-state index >= 15 is 0 Å². The molecule has 0 amide bonds. The molecule has 1 atom stereocenters. The van der Waals surface area contributed by atoms with Gasteiger partial charge in [-0.2, -0.15) is 0 Å². The van der Waals surface area contributed by atoms with E-state index in [2.05, 4.69) is 4.74 Å². The lowest BCUT2D eigenvalue weighted by Gasteiger charge is -2.10. The van der Waals surface area contributed by atoms with E-state index in [0.29, 0.717) is 0 Å². The topological polar surface area (TPSA) is 60.4 Å². The summed E-state index contributed by atoms with van der Waals surface area (Å²) in [5.74, 6) is -0.119. The molecule has 4 nitrogen and oxygen atoms in total. The van der Waals surface area contributed by atoms with Gasteiger partial charge in [-0.3, -0.25) is 4.79 Å². The van der Waals surface area contributed by atoms with Crippen molar-refractivity contribution in [3.63, 3.8) is 0 Å². The molecule has 0 aromatic rings. The van der Waals surface area contributed by atoms with Crippen molar-refractivity contribution in [3.8, 4) is 0 Å². The van der Waals surface area contributed by atoms with Crippen molar-refractivity contribution in [2.24, 2.45) is 0 Å². The minimum Gasteiger partial charge on any atom is -0.384 e. The van der Waals surface area contributed by atoms with E-state index in [1.54, 1.807) is 6.92 Å². The summed E-state index contributed by atoms with van der Waals surface area (Å²) in [6.45, 7) is 3.12. The van der Waals surface area contributed by atoms with Gasteiger partial charge in [-0.05, 0) is 13.8 Å². The van der Waals surface area contributed by atoms with E-state index in [1.807, 2.05) is 0 Å². The Kier molecular flexibility index (Phi) is 5.17. The highest BCUT2D eigenvalue weighted by Crippen LogP contribution is 2.06. The normalized spacial score (nSPS) is 14.1. The zero-order valence-electron chi connectivity index (χ0n) is 8.24. The Morgan fingerprint density at radius 3 is 2.38 bits per heavy atom. The van der Waals surface area contributed by atoms with Crippen LogP contribution in [0.4, 0.5) is 0 Å². The average molecular weight is 208 g/mol. The Labute approximate surface area is 79.2 Å². The first kappa shape index (κ1) is 12.6. The summed E-state index contributed by atoms with van der Waals surface area (Å²) < 4.78 is 27.5. The number of rotatable bonds is 6. The molecule has 0 radical (unpaired) electrons. The number of sulfone groups is 1. The molecule has 0 saturated carbocycles. The number of ether oxygens (including phenoxy) is 1. The van der Waals surface area contributed by atoms with Crippen LogP contribution >= 0.6 is 0 Å². The summed E-state index contributed by atoms with van der Waals surface area (Å²) >= 11 is 0. The lowest BCUT2D eigenvalue weighted by molar-refractivity contribution is -0.116. The van der Waals surface area contributed by atoms with Gasteiger partial charge >= 0.3 is 0 Å². The van der Waals surface area contributed by atoms with E-state index in [9.17, 15) is 13.2 Å². The number of Topliss-reactive ketones (excluding diaryl/α,β-unsaturated/α-hetero) is 1. The van der Waals surface area contributed by atoms with Crippen molar-refractivity contribution in [2.75, 3.05) is 19.5 Å². The second-order valence-corrected chi connectivity index (χ2v) is 5.62. The first-order valence-corrected chi connectivity index (χ1v) is 5.81. The second kappa shape index (κ2) is 5.34. The number of methoxy groups -OCH3 is 1. The van der Waals surface area contributed by atoms with Crippen molar-refractivity contribution in [2.45, 2.75) is 25.5 Å². The fourth-order valence-electron chi connectivity index (χ4n) is 0.932. The first-order chi connectivity index (χ1) is 5.90. The molecule has 0 aliphatic carbocycles. The van der Waals surface area contributed by atoms with Crippen molar-refractivity contribution in [1.82, 2.24) is 0 Å². The van der Waals surface area contributed by atoms with E-state index in [-0.39, 0.29) is 24.6 Å². The molecule has 1 unspecified atom stereocenters. The fourth-order valence-corrected chi connectivity index (χ4v) is 2.22. The molecule has 0 aliphatic rings. The van der Waals surface area contributed by atoms with Gasteiger partial charge in [0.1, 0.15) is 5.78 Å². The van der Waals surface area contributed by atoms with Crippen LogP contribution in [0.1, 0.15) is 20.3 Å². The fraction of sp³-hybridized carbons (Fsp3) is 0.875. The van der Waals surface area contributed by atoms with Gasteiger partial charge in [0.05, 0.1) is 17.6 Å². The molecule has 0 aromatic heterocycles. The monoisotopic (exact) mass is 208 g/mol. The third kappa shape index (κ3) is 5.00. The predicted octanol–water partition coefficient (Wildman–Crippen LogP) is 0.415. The van der Waals surface area contributed by atoms with Crippen LogP contribution in [0.15, 0.2) is 0 Å².